The van der Waals surface area contributed by atoms with Crippen molar-refractivity contribution < 1.29 is 9.90 Å². The van der Waals surface area contributed by atoms with Crippen molar-refractivity contribution in [2.45, 2.75) is 38.6 Å². The second kappa shape index (κ2) is 9.92. The van der Waals surface area contributed by atoms with Crippen molar-refractivity contribution in [3.8, 4) is 0 Å². The van der Waals surface area contributed by atoms with E-state index in [4.69, 9.17) is 0 Å². The smallest absolute Gasteiger partial charge is 0.317 e. The SMILES string of the molecule is O=C(NCCCN1CCC[C@@H](CO)C1)N1CCC(Cn2ccnc2)CC1. The van der Waals surface area contributed by atoms with Crippen LogP contribution >= 0.6 is 0 Å². The van der Waals surface area contributed by atoms with E-state index in [0.29, 0.717) is 18.4 Å². The maximum Gasteiger partial charge on any atom is 0.317 e. The van der Waals surface area contributed by atoms with Gasteiger partial charge >= 0.3 is 6.03 Å². The summed E-state index contributed by atoms with van der Waals surface area (Å²) in [5.74, 6) is 1.06. The molecule has 7 heteroatoms. The molecule has 2 aliphatic rings. The normalized spacial score (nSPS) is 22.5. The van der Waals surface area contributed by atoms with Crippen molar-refractivity contribution in [2.24, 2.45) is 11.8 Å². The van der Waals surface area contributed by atoms with Gasteiger partial charge in [-0.1, -0.05) is 0 Å². The Morgan fingerprint density at radius 1 is 1.19 bits per heavy atom. The van der Waals surface area contributed by atoms with E-state index >= 15 is 0 Å². The minimum Gasteiger partial charge on any atom is -0.396 e. The molecule has 1 aromatic heterocycles. The Morgan fingerprint density at radius 3 is 2.77 bits per heavy atom. The number of imidazole rings is 1. The molecule has 1 aromatic rings. The van der Waals surface area contributed by atoms with Crippen LogP contribution in [0.5, 0.6) is 0 Å². The summed E-state index contributed by atoms with van der Waals surface area (Å²) in [5.41, 5.74) is 0. The lowest BCUT2D eigenvalue weighted by Crippen LogP contribution is -2.45. The first kappa shape index (κ1) is 19.2. The molecule has 2 N–H and O–H groups in total. The molecular formula is C19H33N5O2. The van der Waals surface area contributed by atoms with Gasteiger partial charge in [0.05, 0.1) is 6.33 Å². The number of amides is 2. The van der Waals surface area contributed by atoms with Crippen molar-refractivity contribution >= 4 is 6.03 Å². The van der Waals surface area contributed by atoms with Gasteiger partial charge in [0.25, 0.3) is 0 Å². The van der Waals surface area contributed by atoms with E-state index in [-0.39, 0.29) is 6.03 Å². The highest BCUT2D eigenvalue weighted by molar-refractivity contribution is 5.74. The first-order chi connectivity index (χ1) is 12.7. The van der Waals surface area contributed by atoms with E-state index in [1.807, 2.05) is 23.6 Å². The molecule has 2 amide bonds. The van der Waals surface area contributed by atoms with Crippen molar-refractivity contribution in [3.05, 3.63) is 18.7 Å². The van der Waals surface area contributed by atoms with Gasteiger partial charge in [0.1, 0.15) is 0 Å². The van der Waals surface area contributed by atoms with Crippen LogP contribution in [0.2, 0.25) is 0 Å². The van der Waals surface area contributed by atoms with Crippen LogP contribution in [0.3, 0.4) is 0 Å². The molecule has 0 radical (unpaired) electrons. The Bertz CT molecular complexity index is 528. The Kier molecular flexibility index (Phi) is 7.32. The summed E-state index contributed by atoms with van der Waals surface area (Å²) >= 11 is 0. The Balaban J connectivity index is 1.27. The Labute approximate surface area is 156 Å². The van der Waals surface area contributed by atoms with E-state index in [9.17, 15) is 9.90 Å². The molecule has 0 saturated carbocycles. The molecule has 2 aliphatic heterocycles. The van der Waals surface area contributed by atoms with Crippen molar-refractivity contribution in [2.75, 3.05) is 45.9 Å². The number of carbonyl (C=O) groups is 1. The number of aliphatic hydroxyl groups excluding tert-OH is 1. The fraction of sp³-hybridized carbons (Fsp3) is 0.789. The van der Waals surface area contributed by atoms with Gasteiger partial charge in [-0.2, -0.15) is 0 Å². The lowest BCUT2D eigenvalue weighted by Gasteiger charge is -2.33. The van der Waals surface area contributed by atoms with E-state index in [2.05, 4.69) is 19.8 Å². The minimum atomic E-state index is 0.0814. The van der Waals surface area contributed by atoms with E-state index in [1.165, 1.54) is 6.42 Å². The summed E-state index contributed by atoms with van der Waals surface area (Å²) in [5, 5.41) is 12.4. The summed E-state index contributed by atoms with van der Waals surface area (Å²) in [6, 6.07) is 0.0814. The molecule has 3 rings (SSSR count). The highest BCUT2D eigenvalue weighted by atomic mass is 16.3. The maximum absolute atomic E-state index is 12.3. The average molecular weight is 364 g/mol. The second-order valence-electron chi connectivity index (χ2n) is 7.77. The van der Waals surface area contributed by atoms with Crippen LogP contribution in [0.25, 0.3) is 0 Å². The molecule has 146 valence electrons. The standard InChI is InChI=1S/C19H33N5O2/c25-15-18-3-1-8-22(14-18)9-2-6-21-19(26)24-10-4-17(5-11-24)13-23-12-7-20-16-23/h7,12,16-18,25H,1-6,8-11,13-15H2,(H,21,26)/t18-/m1/s1. The van der Waals surface area contributed by atoms with Crippen molar-refractivity contribution in [1.82, 2.24) is 24.7 Å². The van der Waals surface area contributed by atoms with E-state index < -0.39 is 0 Å². The van der Waals surface area contributed by atoms with Gasteiger partial charge in [-0.15, -0.1) is 0 Å². The second-order valence-corrected chi connectivity index (χ2v) is 7.77. The van der Waals surface area contributed by atoms with Crippen LogP contribution in [-0.4, -0.2) is 76.4 Å². The van der Waals surface area contributed by atoms with Gasteiger partial charge in [-0.05, 0) is 57.0 Å². The zero-order valence-corrected chi connectivity index (χ0v) is 15.7. The summed E-state index contributed by atoms with van der Waals surface area (Å²) in [7, 11) is 0. The number of hydrogen-bond donors (Lipinski definition) is 2. The van der Waals surface area contributed by atoms with Crippen LogP contribution in [-0.2, 0) is 6.54 Å². The average Bonchev–Trinajstić information content (AvgIpc) is 3.19. The molecule has 3 heterocycles. The molecule has 2 fully saturated rings. The third-order valence-electron chi connectivity index (χ3n) is 5.72. The molecule has 0 bridgehead atoms. The highest BCUT2D eigenvalue weighted by Crippen LogP contribution is 2.19. The van der Waals surface area contributed by atoms with Crippen LogP contribution in [0.15, 0.2) is 18.7 Å². The maximum atomic E-state index is 12.3. The summed E-state index contributed by atoms with van der Waals surface area (Å²) in [6.07, 6.45) is 11.1. The number of aromatic nitrogens is 2. The van der Waals surface area contributed by atoms with Gasteiger partial charge in [-0.25, -0.2) is 9.78 Å². The molecule has 1 atom stereocenters. The number of nitrogens with zero attached hydrogens (tertiary/aromatic N) is 4. The number of urea groups is 1. The van der Waals surface area contributed by atoms with Gasteiger partial charge < -0.3 is 24.8 Å². The van der Waals surface area contributed by atoms with Gasteiger partial charge in [-0.3, -0.25) is 0 Å². The number of piperidine rings is 2. The van der Waals surface area contributed by atoms with Gasteiger partial charge in [0.2, 0.25) is 0 Å². The number of likely N-dealkylation sites (tertiary alicyclic amines) is 2. The molecule has 2 saturated heterocycles. The largest absolute Gasteiger partial charge is 0.396 e. The first-order valence-electron chi connectivity index (χ1n) is 10.1. The number of aliphatic hydroxyl groups is 1. The summed E-state index contributed by atoms with van der Waals surface area (Å²) < 4.78 is 2.13. The molecule has 0 aliphatic carbocycles. The number of hydrogen-bond acceptors (Lipinski definition) is 4. The van der Waals surface area contributed by atoms with Gasteiger partial charge in [0, 0.05) is 51.7 Å². The fourth-order valence-corrected chi connectivity index (χ4v) is 4.12. The van der Waals surface area contributed by atoms with Crippen molar-refractivity contribution in [3.63, 3.8) is 0 Å². The molecule has 0 spiro atoms. The molecule has 7 nitrogen and oxygen atoms in total. The predicted molar refractivity (Wildman–Crippen MR) is 101 cm³/mol. The zero-order valence-electron chi connectivity index (χ0n) is 15.7. The topological polar surface area (TPSA) is 73.6 Å². The predicted octanol–water partition coefficient (Wildman–Crippen LogP) is 1.40. The third kappa shape index (κ3) is 5.71. The van der Waals surface area contributed by atoms with Gasteiger partial charge in [0.15, 0.2) is 0 Å². The van der Waals surface area contributed by atoms with Crippen LogP contribution in [0, 0.1) is 11.8 Å². The molecule has 26 heavy (non-hydrogen) atoms. The number of nitrogens with one attached hydrogen (secondary N) is 1. The lowest BCUT2D eigenvalue weighted by molar-refractivity contribution is 0.119. The quantitative estimate of drug-likeness (QED) is 0.718. The van der Waals surface area contributed by atoms with E-state index in [1.54, 1.807) is 0 Å². The highest BCUT2D eigenvalue weighted by Gasteiger charge is 2.23. The fourth-order valence-electron chi connectivity index (χ4n) is 4.12. The number of carbonyl (C=O) groups excluding carboxylic acids is 1. The van der Waals surface area contributed by atoms with Crippen LogP contribution in [0.1, 0.15) is 32.1 Å². The Hall–Kier alpha value is -1.60. The van der Waals surface area contributed by atoms with Crippen LogP contribution < -0.4 is 5.32 Å². The van der Waals surface area contributed by atoms with Crippen LogP contribution in [0.4, 0.5) is 4.79 Å². The van der Waals surface area contributed by atoms with Crippen molar-refractivity contribution in [1.29, 1.82) is 0 Å². The first-order valence-corrected chi connectivity index (χ1v) is 10.1. The molecular weight excluding hydrogens is 330 g/mol. The van der Waals surface area contributed by atoms with E-state index in [0.717, 1.165) is 71.5 Å². The zero-order chi connectivity index (χ0) is 18.2. The minimum absolute atomic E-state index is 0.0814. The Morgan fingerprint density at radius 2 is 2.04 bits per heavy atom. The molecule has 0 aromatic carbocycles. The summed E-state index contributed by atoms with van der Waals surface area (Å²) in [4.78, 5) is 20.8. The summed E-state index contributed by atoms with van der Waals surface area (Å²) in [6.45, 7) is 6.83. The monoisotopic (exact) mass is 363 g/mol. The molecule has 0 unspecified atom stereocenters. The lowest BCUT2D eigenvalue weighted by atomic mass is 9.97. The third-order valence-corrected chi connectivity index (χ3v) is 5.72. The number of rotatable bonds is 7.